The molecule has 0 aromatic rings. The van der Waals surface area contributed by atoms with Gasteiger partial charge in [-0.1, -0.05) is 6.92 Å². The van der Waals surface area contributed by atoms with Gasteiger partial charge in [0.25, 0.3) is 0 Å². The van der Waals surface area contributed by atoms with Crippen LogP contribution in [-0.4, -0.2) is 42.6 Å². The normalized spacial score (nSPS) is 26.4. The topological polar surface area (TPSA) is 32.3 Å². The van der Waals surface area contributed by atoms with E-state index < -0.39 is 0 Å². The van der Waals surface area contributed by atoms with Gasteiger partial charge in [-0.25, -0.2) is 4.79 Å². The maximum atomic E-state index is 11.5. The largest absolute Gasteiger partial charge is 0.335 e. The van der Waals surface area contributed by atoms with Crippen LogP contribution in [0.1, 0.15) is 39.0 Å². The summed E-state index contributed by atoms with van der Waals surface area (Å²) in [5.41, 5.74) is 0. The van der Waals surface area contributed by atoms with Crippen molar-refractivity contribution in [3.8, 4) is 0 Å². The van der Waals surface area contributed by atoms with Crippen LogP contribution in [0.25, 0.3) is 0 Å². The Morgan fingerprint density at radius 3 is 2.41 bits per heavy atom. The SMILES string of the molecule is CSC(C)CC1CCC(NC(=O)N(C)C)CC1. The summed E-state index contributed by atoms with van der Waals surface area (Å²) < 4.78 is 0. The van der Waals surface area contributed by atoms with Crippen molar-refractivity contribution in [1.29, 1.82) is 0 Å². The Morgan fingerprint density at radius 2 is 1.94 bits per heavy atom. The van der Waals surface area contributed by atoms with Crippen molar-refractivity contribution in [2.75, 3.05) is 20.4 Å². The average Bonchev–Trinajstić information content (AvgIpc) is 2.31. The Labute approximate surface area is 110 Å². The number of rotatable bonds is 4. The second-order valence-corrected chi connectivity index (χ2v) is 6.62. The van der Waals surface area contributed by atoms with Gasteiger partial charge < -0.3 is 10.2 Å². The molecule has 100 valence electrons. The van der Waals surface area contributed by atoms with Gasteiger partial charge in [-0.05, 0) is 44.3 Å². The third kappa shape index (κ3) is 5.19. The fraction of sp³-hybridized carbons (Fsp3) is 0.923. The zero-order valence-electron chi connectivity index (χ0n) is 11.5. The van der Waals surface area contributed by atoms with E-state index in [2.05, 4.69) is 18.5 Å². The van der Waals surface area contributed by atoms with Gasteiger partial charge in [-0.15, -0.1) is 0 Å². The lowest BCUT2D eigenvalue weighted by Crippen LogP contribution is -2.43. The third-order valence-corrected chi connectivity index (χ3v) is 4.65. The van der Waals surface area contributed by atoms with Crippen molar-refractivity contribution in [3.05, 3.63) is 0 Å². The number of hydrogen-bond acceptors (Lipinski definition) is 2. The number of carbonyl (C=O) groups excluding carboxylic acids is 1. The number of nitrogens with one attached hydrogen (secondary N) is 1. The zero-order valence-corrected chi connectivity index (χ0v) is 12.3. The highest BCUT2D eigenvalue weighted by atomic mass is 32.2. The van der Waals surface area contributed by atoms with Crippen molar-refractivity contribution in [2.24, 2.45) is 5.92 Å². The van der Waals surface area contributed by atoms with Gasteiger partial charge in [-0.2, -0.15) is 11.8 Å². The first kappa shape index (κ1) is 14.7. The molecule has 0 aromatic heterocycles. The summed E-state index contributed by atoms with van der Waals surface area (Å²) in [5, 5.41) is 3.86. The predicted octanol–water partition coefficient (Wildman–Crippen LogP) is 2.96. The number of urea groups is 1. The van der Waals surface area contributed by atoms with E-state index in [1.807, 2.05) is 11.8 Å². The third-order valence-electron chi connectivity index (χ3n) is 3.65. The van der Waals surface area contributed by atoms with E-state index in [0.717, 1.165) is 24.0 Å². The number of hydrogen-bond donors (Lipinski definition) is 1. The van der Waals surface area contributed by atoms with Crippen LogP contribution in [0, 0.1) is 5.92 Å². The molecule has 4 heteroatoms. The molecule has 1 aliphatic rings. The highest BCUT2D eigenvalue weighted by Gasteiger charge is 2.23. The van der Waals surface area contributed by atoms with E-state index in [9.17, 15) is 4.79 Å². The lowest BCUT2D eigenvalue weighted by Gasteiger charge is -2.31. The maximum Gasteiger partial charge on any atom is 0.317 e. The molecule has 17 heavy (non-hydrogen) atoms. The van der Waals surface area contributed by atoms with Gasteiger partial charge in [0.1, 0.15) is 0 Å². The maximum absolute atomic E-state index is 11.5. The molecule has 1 atom stereocenters. The number of amides is 2. The Morgan fingerprint density at radius 1 is 1.35 bits per heavy atom. The van der Waals surface area contributed by atoms with Gasteiger partial charge in [-0.3, -0.25) is 0 Å². The van der Waals surface area contributed by atoms with Gasteiger partial charge in [0.15, 0.2) is 0 Å². The first-order chi connectivity index (χ1) is 8.02. The molecule has 1 fully saturated rings. The highest BCUT2D eigenvalue weighted by Crippen LogP contribution is 2.30. The van der Waals surface area contributed by atoms with Crippen molar-refractivity contribution < 1.29 is 4.79 Å². The minimum atomic E-state index is 0.0472. The molecule has 0 heterocycles. The van der Waals surface area contributed by atoms with Crippen molar-refractivity contribution in [3.63, 3.8) is 0 Å². The smallest absolute Gasteiger partial charge is 0.317 e. The Kier molecular flexibility index (Phi) is 6.17. The molecule has 0 aromatic carbocycles. The van der Waals surface area contributed by atoms with Gasteiger partial charge in [0.05, 0.1) is 0 Å². The second kappa shape index (κ2) is 7.14. The van der Waals surface area contributed by atoms with E-state index in [1.165, 1.54) is 19.3 Å². The first-order valence-corrected chi connectivity index (χ1v) is 7.82. The Bertz CT molecular complexity index is 238. The molecule has 1 unspecified atom stereocenters. The molecule has 3 nitrogen and oxygen atoms in total. The minimum Gasteiger partial charge on any atom is -0.335 e. The van der Waals surface area contributed by atoms with E-state index in [0.29, 0.717) is 6.04 Å². The fourth-order valence-corrected chi connectivity index (χ4v) is 2.88. The van der Waals surface area contributed by atoms with Crippen LogP contribution in [0.3, 0.4) is 0 Å². The summed E-state index contributed by atoms with van der Waals surface area (Å²) in [7, 11) is 3.59. The van der Waals surface area contributed by atoms with Gasteiger partial charge >= 0.3 is 6.03 Å². The fourth-order valence-electron chi connectivity index (χ4n) is 2.41. The van der Waals surface area contributed by atoms with Crippen LogP contribution < -0.4 is 5.32 Å². The summed E-state index contributed by atoms with van der Waals surface area (Å²) >= 11 is 1.96. The molecule has 0 bridgehead atoms. The molecule has 1 N–H and O–H groups in total. The monoisotopic (exact) mass is 258 g/mol. The summed E-state index contributed by atoms with van der Waals surface area (Å²) in [6, 6.07) is 0.441. The second-order valence-electron chi connectivity index (χ2n) is 5.34. The average molecular weight is 258 g/mol. The van der Waals surface area contributed by atoms with Crippen LogP contribution in [0.2, 0.25) is 0 Å². The van der Waals surface area contributed by atoms with Crippen molar-refractivity contribution in [2.45, 2.75) is 50.3 Å². The number of nitrogens with zero attached hydrogens (tertiary/aromatic N) is 1. The van der Waals surface area contributed by atoms with Gasteiger partial charge in [0.2, 0.25) is 0 Å². The van der Waals surface area contributed by atoms with Gasteiger partial charge in [0, 0.05) is 25.4 Å². The number of carbonyl (C=O) groups is 1. The number of thioether (sulfide) groups is 1. The van der Waals surface area contributed by atoms with E-state index in [1.54, 1.807) is 19.0 Å². The molecular formula is C13H26N2OS. The first-order valence-electron chi connectivity index (χ1n) is 6.53. The summed E-state index contributed by atoms with van der Waals surface area (Å²) in [4.78, 5) is 13.1. The molecule has 1 rings (SSSR count). The molecule has 1 saturated carbocycles. The van der Waals surface area contributed by atoms with Crippen molar-refractivity contribution >= 4 is 17.8 Å². The van der Waals surface area contributed by atoms with Crippen molar-refractivity contribution in [1.82, 2.24) is 10.2 Å². The Hall–Kier alpha value is -0.380. The van der Waals surface area contributed by atoms with Crippen LogP contribution >= 0.6 is 11.8 Å². The van der Waals surface area contributed by atoms with Crippen LogP contribution in [0.5, 0.6) is 0 Å². The highest BCUT2D eigenvalue weighted by molar-refractivity contribution is 7.99. The van der Waals surface area contributed by atoms with E-state index >= 15 is 0 Å². The summed E-state index contributed by atoms with van der Waals surface area (Å²) in [6.45, 7) is 2.31. The van der Waals surface area contributed by atoms with Crippen LogP contribution in [0.15, 0.2) is 0 Å². The summed E-state index contributed by atoms with van der Waals surface area (Å²) in [6.07, 6.45) is 8.34. The quantitative estimate of drug-likeness (QED) is 0.841. The molecule has 0 aliphatic heterocycles. The minimum absolute atomic E-state index is 0.0472. The molecule has 0 saturated heterocycles. The predicted molar refractivity (Wildman–Crippen MR) is 75.6 cm³/mol. The lowest BCUT2D eigenvalue weighted by atomic mass is 9.83. The van der Waals surface area contributed by atoms with Crippen LogP contribution in [0.4, 0.5) is 4.79 Å². The lowest BCUT2D eigenvalue weighted by molar-refractivity contribution is 0.203. The standard InChI is InChI=1S/C13H26N2OS/c1-10(17-4)9-11-5-7-12(8-6-11)14-13(16)15(2)3/h10-12H,5-9H2,1-4H3,(H,14,16). The van der Waals surface area contributed by atoms with Crippen LogP contribution in [-0.2, 0) is 0 Å². The zero-order chi connectivity index (χ0) is 12.8. The van der Waals surface area contributed by atoms with E-state index in [4.69, 9.17) is 0 Å². The molecular weight excluding hydrogens is 232 g/mol. The molecule has 0 radical (unpaired) electrons. The molecule has 2 amide bonds. The van der Waals surface area contributed by atoms with E-state index in [-0.39, 0.29) is 6.03 Å². The molecule has 0 spiro atoms. The Balaban J connectivity index is 2.24. The molecule has 1 aliphatic carbocycles. The summed E-state index contributed by atoms with van der Waals surface area (Å²) in [5.74, 6) is 0.866.